The lowest BCUT2D eigenvalue weighted by Gasteiger charge is -2.31. The summed E-state index contributed by atoms with van der Waals surface area (Å²) in [6.45, 7) is 5.46. The predicted molar refractivity (Wildman–Crippen MR) is 118 cm³/mol. The first-order valence-electron chi connectivity index (χ1n) is 10.9. The number of carbonyl (C=O) groups is 2. The summed E-state index contributed by atoms with van der Waals surface area (Å²) in [5, 5.41) is 4.74. The van der Waals surface area contributed by atoms with Crippen molar-refractivity contribution in [2.24, 2.45) is 5.92 Å². The van der Waals surface area contributed by atoms with Gasteiger partial charge in [0, 0.05) is 26.1 Å². The van der Waals surface area contributed by atoms with Gasteiger partial charge < -0.3 is 9.64 Å². The summed E-state index contributed by atoms with van der Waals surface area (Å²) in [4.78, 5) is 43.5. The van der Waals surface area contributed by atoms with Crippen LogP contribution in [0, 0.1) is 12.8 Å². The zero-order valence-corrected chi connectivity index (χ0v) is 18.4. The summed E-state index contributed by atoms with van der Waals surface area (Å²) in [5.74, 6) is -0.357. The second kappa shape index (κ2) is 9.33. The minimum atomic E-state index is -0.220. The van der Waals surface area contributed by atoms with Crippen LogP contribution in [0.1, 0.15) is 31.7 Å². The number of hydrogen-bond donors (Lipinski definition) is 0. The molecule has 1 aliphatic heterocycles. The first-order chi connectivity index (χ1) is 15.5. The molecule has 9 nitrogen and oxygen atoms in total. The Balaban J connectivity index is 1.40. The fourth-order valence-electron chi connectivity index (χ4n) is 3.98. The van der Waals surface area contributed by atoms with Gasteiger partial charge in [-0.05, 0) is 38.8 Å². The smallest absolute Gasteiger partial charge is 0.309 e. The third-order valence-corrected chi connectivity index (χ3v) is 5.87. The minimum Gasteiger partial charge on any atom is -0.466 e. The van der Waals surface area contributed by atoms with E-state index in [1.165, 1.54) is 17.1 Å². The van der Waals surface area contributed by atoms with Gasteiger partial charge in [-0.2, -0.15) is 5.10 Å². The second-order valence-electron chi connectivity index (χ2n) is 8.03. The van der Waals surface area contributed by atoms with Crippen LogP contribution < -0.4 is 5.56 Å². The van der Waals surface area contributed by atoms with Gasteiger partial charge >= 0.3 is 5.97 Å². The van der Waals surface area contributed by atoms with Gasteiger partial charge in [-0.3, -0.25) is 19.0 Å². The molecular formula is C23H27N5O4. The molecule has 1 aliphatic rings. The van der Waals surface area contributed by atoms with Crippen LogP contribution in [-0.2, 0) is 20.9 Å². The molecule has 32 heavy (non-hydrogen) atoms. The van der Waals surface area contributed by atoms with E-state index in [1.54, 1.807) is 16.5 Å². The molecular weight excluding hydrogens is 410 g/mol. The summed E-state index contributed by atoms with van der Waals surface area (Å²) in [6.07, 6.45) is 4.40. The molecule has 0 aliphatic carbocycles. The zero-order valence-electron chi connectivity index (χ0n) is 18.4. The molecule has 0 N–H and O–H groups in total. The maximum absolute atomic E-state index is 12.9. The lowest BCUT2D eigenvalue weighted by atomic mass is 9.97. The number of piperidine rings is 1. The molecule has 0 radical (unpaired) electrons. The van der Waals surface area contributed by atoms with Gasteiger partial charge in [-0.15, -0.1) is 0 Å². The number of amides is 1. The second-order valence-corrected chi connectivity index (χ2v) is 8.03. The van der Waals surface area contributed by atoms with E-state index >= 15 is 0 Å². The number of fused-ring (bicyclic) bond motifs is 1. The molecule has 3 aromatic rings. The van der Waals surface area contributed by atoms with E-state index in [9.17, 15) is 14.4 Å². The van der Waals surface area contributed by atoms with Crippen molar-refractivity contribution in [3.8, 4) is 5.69 Å². The summed E-state index contributed by atoms with van der Waals surface area (Å²) < 4.78 is 8.16. The number of benzene rings is 1. The molecule has 4 rings (SSSR count). The Hall–Kier alpha value is -3.49. The SMILES string of the molecule is CCOC(=O)C1CCN(C(=O)CCn2cnc3c(cnn3-c3ccc(C)cc3)c2=O)CC1. The van der Waals surface area contributed by atoms with E-state index < -0.39 is 0 Å². The number of rotatable bonds is 6. The van der Waals surface area contributed by atoms with Gasteiger partial charge in [0.25, 0.3) is 5.56 Å². The van der Waals surface area contributed by atoms with E-state index in [4.69, 9.17) is 4.74 Å². The average molecular weight is 438 g/mol. The first-order valence-corrected chi connectivity index (χ1v) is 10.9. The van der Waals surface area contributed by atoms with Crippen molar-refractivity contribution in [2.75, 3.05) is 19.7 Å². The predicted octanol–water partition coefficient (Wildman–Crippen LogP) is 2.08. The van der Waals surface area contributed by atoms with Gasteiger partial charge in [0.2, 0.25) is 5.91 Å². The average Bonchev–Trinajstić information content (AvgIpc) is 3.24. The molecule has 1 aromatic carbocycles. The van der Waals surface area contributed by atoms with E-state index in [1.807, 2.05) is 31.2 Å². The topological polar surface area (TPSA) is 99.3 Å². The van der Waals surface area contributed by atoms with Gasteiger partial charge in [0.1, 0.15) is 5.39 Å². The fraction of sp³-hybridized carbons (Fsp3) is 0.435. The Labute approximate surface area is 185 Å². The lowest BCUT2D eigenvalue weighted by Crippen LogP contribution is -2.41. The maximum Gasteiger partial charge on any atom is 0.309 e. The van der Waals surface area contributed by atoms with Crippen molar-refractivity contribution >= 4 is 22.9 Å². The van der Waals surface area contributed by atoms with E-state index in [2.05, 4.69) is 10.1 Å². The van der Waals surface area contributed by atoms with Gasteiger partial charge in [0.05, 0.1) is 30.7 Å². The van der Waals surface area contributed by atoms with Crippen LogP contribution in [0.3, 0.4) is 0 Å². The molecule has 0 atom stereocenters. The Morgan fingerprint density at radius 1 is 1.16 bits per heavy atom. The van der Waals surface area contributed by atoms with Crippen LogP contribution in [0.2, 0.25) is 0 Å². The van der Waals surface area contributed by atoms with Crippen molar-refractivity contribution in [1.82, 2.24) is 24.2 Å². The molecule has 0 unspecified atom stereocenters. The number of carbonyl (C=O) groups excluding carboxylic acids is 2. The standard InChI is InChI=1S/C23H27N5O4/c1-3-32-23(31)17-8-11-26(12-9-17)20(29)10-13-27-15-24-21-19(22(27)30)14-25-28(21)18-6-4-16(2)5-7-18/h4-7,14-15,17H,3,8-13H2,1-2H3. The Morgan fingerprint density at radius 3 is 2.56 bits per heavy atom. The van der Waals surface area contributed by atoms with Gasteiger partial charge in [0.15, 0.2) is 5.65 Å². The Kier molecular flexibility index (Phi) is 6.34. The number of likely N-dealkylation sites (tertiary alicyclic amines) is 1. The molecule has 3 heterocycles. The number of hydrogen-bond acceptors (Lipinski definition) is 6. The highest BCUT2D eigenvalue weighted by atomic mass is 16.5. The van der Waals surface area contributed by atoms with E-state index in [0.717, 1.165) is 11.3 Å². The number of ether oxygens (including phenoxy) is 1. The monoisotopic (exact) mass is 437 g/mol. The third-order valence-electron chi connectivity index (χ3n) is 5.87. The highest BCUT2D eigenvalue weighted by Crippen LogP contribution is 2.19. The zero-order chi connectivity index (χ0) is 22.7. The lowest BCUT2D eigenvalue weighted by molar-refractivity contribution is -0.151. The Morgan fingerprint density at radius 2 is 1.88 bits per heavy atom. The molecule has 2 aromatic heterocycles. The number of aromatic nitrogens is 4. The van der Waals surface area contributed by atoms with Crippen LogP contribution in [0.4, 0.5) is 0 Å². The van der Waals surface area contributed by atoms with Crippen molar-refractivity contribution in [3.05, 3.63) is 52.7 Å². The largest absolute Gasteiger partial charge is 0.466 e. The summed E-state index contributed by atoms with van der Waals surface area (Å²) in [5.41, 5.74) is 2.23. The van der Waals surface area contributed by atoms with Crippen LogP contribution in [0.25, 0.3) is 16.7 Å². The van der Waals surface area contributed by atoms with Crippen molar-refractivity contribution in [2.45, 2.75) is 39.7 Å². The molecule has 1 saturated heterocycles. The van der Waals surface area contributed by atoms with E-state index in [-0.39, 0.29) is 36.3 Å². The highest BCUT2D eigenvalue weighted by Gasteiger charge is 2.28. The number of aryl methyl sites for hydroxylation is 2. The highest BCUT2D eigenvalue weighted by molar-refractivity contribution is 5.78. The minimum absolute atomic E-state index is 0.0327. The maximum atomic E-state index is 12.9. The number of nitrogens with zero attached hydrogens (tertiary/aromatic N) is 5. The van der Waals surface area contributed by atoms with Gasteiger partial charge in [-0.1, -0.05) is 17.7 Å². The molecule has 1 fully saturated rings. The molecule has 0 spiro atoms. The van der Waals surface area contributed by atoms with Crippen LogP contribution in [-0.4, -0.2) is 55.8 Å². The normalized spacial score (nSPS) is 14.6. The molecule has 0 saturated carbocycles. The number of esters is 1. The van der Waals surface area contributed by atoms with Crippen molar-refractivity contribution in [1.29, 1.82) is 0 Å². The Bertz CT molecular complexity index is 1170. The third kappa shape index (κ3) is 4.42. The van der Waals surface area contributed by atoms with Crippen LogP contribution >= 0.6 is 0 Å². The summed E-state index contributed by atoms with van der Waals surface area (Å²) in [6, 6.07) is 7.81. The molecule has 1 amide bonds. The van der Waals surface area contributed by atoms with Crippen LogP contribution in [0.5, 0.6) is 0 Å². The molecule has 0 bridgehead atoms. The summed E-state index contributed by atoms with van der Waals surface area (Å²) in [7, 11) is 0. The first kappa shape index (κ1) is 21.7. The van der Waals surface area contributed by atoms with Crippen molar-refractivity contribution < 1.29 is 14.3 Å². The van der Waals surface area contributed by atoms with Gasteiger partial charge in [-0.25, -0.2) is 9.67 Å². The molecule has 9 heteroatoms. The van der Waals surface area contributed by atoms with Crippen molar-refractivity contribution in [3.63, 3.8) is 0 Å². The van der Waals surface area contributed by atoms with Crippen LogP contribution in [0.15, 0.2) is 41.6 Å². The molecule has 168 valence electrons. The van der Waals surface area contributed by atoms with E-state index in [0.29, 0.717) is 43.6 Å². The summed E-state index contributed by atoms with van der Waals surface area (Å²) >= 11 is 0. The quantitative estimate of drug-likeness (QED) is 0.548. The fourth-order valence-corrected chi connectivity index (χ4v) is 3.98.